The molecule has 4 N–H and O–H groups in total. The van der Waals surface area contributed by atoms with Gasteiger partial charge >= 0.3 is 0 Å². The van der Waals surface area contributed by atoms with Gasteiger partial charge in [-0.1, -0.05) is 50.6 Å². The Balaban J connectivity index is 1.67. The summed E-state index contributed by atoms with van der Waals surface area (Å²) in [5.74, 6) is -0.624. The van der Waals surface area contributed by atoms with Crippen LogP contribution in [0.4, 0.5) is 5.82 Å². The second-order valence-electron chi connectivity index (χ2n) is 9.26. The number of amides is 2. The highest BCUT2D eigenvalue weighted by Gasteiger charge is 2.50. The third kappa shape index (κ3) is 4.74. The smallest absolute Gasteiger partial charge is 0.270 e. The van der Waals surface area contributed by atoms with Gasteiger partial charge in [-0.2, -0.15) is 0 Å². The van der Waals surface area contributed by atoms with Crippen LogP contribution in [0, 0.1) is 11.3 Å². The summed E-state index contributed by atoms with van der Waals surface area (Å²) in [4.78, 5) is 31.5. The van der Waals surface area contributed by atoms with Gasteiger partial charge in [0, 0.05) is 29.6 Å². The van der Waals surface area contributed by atoms with Crippen LogP contribution in [-0.2, 0) is 10.4 Å². The van der Waals surface area contributed by atoms with E-state index in [1.54, 1.807) is 49.1 Å². The topological polar surface area (TPSA) is 109 Å². The molecular weight excluding hydrogens is 428 g/mol. The number of likely N-dealkylation sites (tertiary alicyclic amines) is 1. The summed E-state index contributed by atoms with van der Waals surface area (Å²) in [5, 5.41) is 15.0. The number of nitrogens with zero attached hydrogens (tertiary/aromatic N) is 2. The highest BCUT2D eigenvalue weighted by atomic mass is 35.5. The highest BCUT2D eigenvalue weighted by Crippen LogP contribution is 2.46. The van der Waals surface area contributed by atoms with Crippen LogP contribution in [0.1, 0.15) is 50.2 Å². The van der Waals surface area contributed by atoms with Crippen molar-refractivity contribution in [2.24, 2.45) is 11.3 Å². The summed E-state index contributed by atoms with van der Waals surface area (Å²) in [6.45, 7) is 8.33. The van der Waals surface area contributed by atoms with Gasteiger partial charge in [0.1, 0.15) is 11.5 Å². The highest BCUT2D eigenvalue weighted by molar-refractivity contribution is 6.30. The van der Waals surface area contributed by atoms with Crippen LogP contribution in [-0.4, -0.2) is 45.9 Å². The number of anilines is 1. The normalized spacial score (nSPS) is 22.1. The van der Waals surface area contributed by atoms with Crippen molar-refractivity contribution in [2.75, 3.05) is 18.8 Å². The molecule has 32 heavy (non-hydrogen) atoms. The van der Waals surface area contributed by atoms with Gasteiger partial charge in [0.2, 0.25) is 5.91 Å². The van der Waals surface area contributed by atoms with Crippen LogP contribution >= 0.6 is 11.6 Å². The molecule has 3 atom stereocenters. The summed E-state index contributed by atoms with van der Waals surface area (Å²) < 4.78 is 0. The number of pyridine rings is 1. The molecule has 0 spiro atoms. The first-order chi connectivity index (χ1) is 14.9. The van der Waals surface area contributed by atoms with E-state index < -0.39 is 23.0 Å². The molecule has 2 aromatic rings. The minimum atomic E-state index is -1.07. The molecule has 7 nitrogen and oxygen atoms in total. The number of halogens is 1. The molecular formula is C24H31ClN4O3. The molecule has 8 heteroatoms. The molecule has 1 aliphatic heterocycles. The van der Waals surface area contributed by atoms with E-state index >= 15 is 0 Å². The van der Waals surface area contributed by atoms with Gasteiger partial charge in [-0.05, 0) is 43.2 Å². The molecule has 1 saturated heterocycles. The van der Waals surface area contributed by atoms with Gasteiger partial charge in [-0.15, -0.1) is 0 Å². The zero-order valence-electron chi connectivity index (χ0n) is 18.9. The van der Waals surface area contributed by atoms with E-state index in [9.17, 15) is 14.7 Å². The van der Waals surface area contributed by atoms with Gasteiger partial charge in [-0.25, -0.2) is 4.98 Å². The number of nitrogens with one attached hydrogen (secondary N) is 1. The monoisotopic (exact) mass is 458 g/mol. The number of carbonyl (C=O) groups excluding carboxylic acids is 2. The summed E-state index contributed by atoms with van der Waals surface area (Å²) in [6.07, 6.45) is 0.411. The van der Waals surface area contributed by atoms with Crippen LogP contribution in [0.15, 0.2) is 42.5 Å². The third-order valence-corrected chi connectivity index (χ3v) is 6.84. The van der Waals surface area contributed by atoms with Crippen molar-refractivity contribution < 1.29 is 14.7 Å². The Morgan fingerprint density at radius 1 is 1.19 bits per heavy atom. The van der Waals surface area contributed by atoms with Crippen molar-refractivity contribution >= 4 is 29.2 Å². The standard InChI is InChI=1S/C24H31ClN4O3/c1-15(16(2)27-21(30)19-6-5-7-20(26)28-19)22(31)29-13-12-24(32,23(3,4)14-29)17-8-10-18(25)11-9-17/h5-11,15-16,32H,12-14H2,1-4H3,(H2,26,28)(H,27,30)/t15-,16?,24+/m1/s1. The number of hydrogen-bond donors (Lipinski definition) is 3. The van der Waals surface area contributed by atoms with Crippen LogP contribution < -0.4 is 11.1 Å². The van der Waals surface area contributed by atoms with Crippen molar-refractivity contribution in [1.82, 2.24) is 15.2 Å². The molecule has 1 unspecified atom stereocenters. The number of benzene rings is 1. The molecule has 1 aromatic carbocycles. The largest absolute Gasteiger partial charge is 0.384 e. The van der Waals surface area contributed by atoms with Gasteiger partial charge in [0.15, 0.2) is 0 Å². The second kappa shape index (κ2) is 9.08. The Labute approximate surface area is 194 Å². The lowest BCUT2D eigenvalue weighted by atomic mass is 9.66. The fraction of sp³-hybridized carbons (Fsp3) is 0.458. The number of hydrogen-bond acceptors (Lipinski definition) is 5. The fourth-order valence-electron chi connectivity index (χ4n) is 4.26. The SMILES string of the molecule is CC(NC(=O)c1cccc(N)n1)[C@@H](C)C(=O)N1CC[C@](O)(c2ccc(Cl)cc2)C(C)(C)C1. The molecule has 1 aromatic heterocycles. The van der Waals surface area contributed by atoms with E-state index in [2.05, 4.69) is 10.3 Å². The molecule has 0 bridgehead atoms. The number of carbonyl (C=O) groups is 2. The van der Waals surface area contributed by atoms with Crippen LogP contribution in [0.3, 0.4) is 0 Å². The summed E-state index contributed by atoms with van der Waals surface area (Å²) >= 11 is 6.00. The molecule has 0 radical (unpaired) electrons. The Morgan fingerprint density at radius 2 is 1.84 bits per heavy atom. The van der Waals surface area contributed by atoms with E-state index in [0.29, 0.717) is 24.5 Å². The zero-order chi connectivity index (χ0) is 23.7. The first-order valence-electron chi connectivity index (χ1n) is 10.8. The molecule has 1 fully saturated rings. The maximum Gasteiger partial charge on any atom is 0.270 e. The first-order valence-corrected chi connectivity index (χ1v) is 11.1. The van der Waals surface area contributed by atoms with Crippen LogP contribution in [0.5, 0.6) is 0 Å². The van der Waals surface area contributed by atoms with Crippen molar-refractivity contribution in [1.29, 1.82) is 0 Å². The lowest BCUT2D eigenvalue weighted by Crippen LogP contribution is -2.58. The lowest BCUT2D eigenvalue weighted by molar-refractivity contribution is -0.156. The predicted octanol–water partition coefficient (Wildman–Crippen LogP) is 3.22. The zero-order valence-corrected chi connectivity index (χ0v) is 19.7. The van der Waals surface area contributed by atoms with Crippen LogP contribution in [0.25, 0.3) is 0 Å². The average molecular weight is 459 g/mol. The second-order valence-corrected chi connectivity index (χ2v) is 9.70. The summed E-state index contributed by atoms with van der Waals surface area (Å²) in [5.41, 5.74) is 5.01. The Hall–Kier alpha value is -2.64. The minimum Gasteiger partial charge on any atom is -0.384 e. The predicted molar refractivity (Wildman–Crippen MR) is 125 cm³/mol. The molecule has 3 rings (SSSR count). The number of piperidine rings is 1. The van der Waals surface area contributed by atoms with E-state index in [0.717, 1.165) is 5.56 Å². The van der Waals surface area contributed by atoms with E-state index in [1.165, 1.54) is 0 Å². The molecule has 2 heterocycles. The lowest BCUT2D eigenvalue weighted by Gasteiger charge is -2.51. The van der Waals surface area contributed by atoms with E-state index in [4.69, 9.17) is 17.3 Å². The maximum absolute atomic E-state index is 13.2. The Kier molecular flexibility index (Phi) is 6.81. The van der Waals surface area contributed by atoms with Crippen molar-refractivity contribution in [2.45, 2.75) is 45.8 Å². The van der Waals surface area contributed by atoms with Crippen LogP contribution in [0.2, 0.25) is 5.02 Å². The number of aliphatic hydroxyl groups is 1. The average Bonchev–Trinajstić information content (AvgIpc) is 2.74. The van der Waals surface area contributed by atoms with Crippen molar-refractivity contribution in [3.05, 3.63) is 58.7 Å². The van der Waals surface area contributed by atoms with E-state index in [1.807, 2.05) is 26.0 Å². The minimum absolute atomic E-state index is 0.0652. The Morgan fingerprint density at radius 3 is 2.44 bits per heavy atom. The number of aromatic nitrogens is 1. The third-order valence-electron chi connectivity index (χ3n) is 6.58. The van der Waals surface area contributed by atoms with Gasteiger partial charge in [0.05, 0.1) is 11.5 Å². The number of nitrogens with two attached hydrogens (primary N) is 1. The van der Waals surface area contributed by atoms with Gasteiger partial charge in [-0.3, -0.25) is 9.59 Å². The quantitative estimate of drug-likeness (QED) is 0.637. The van der Waals surface area contributed by atoms with Crippen molar-refractivity contribution in [3.63, 3.8) is 0 Å². The maximum atomic E-state index is 13.2. The summed E-state index contributed by atoms with van der Waals surface area (Å²) in [7, 11) is 0. The molecule has 1 aliphatic rings. The van der Waals surface area contributed by atoms with Gasteiger partial charge in [0.25, 0.3) is 5.91 Å². The number of rotatable bonds is 5. The van der Waals surface area contributed by atoms with Crippen molar-refractivity contribution in [3.8, 4) is 0 Å². The molecule has 0 saturated carbocycles. The first kappa shape index (κ1) is 24.0. The van der Waals surface area contributed by atoms with Gasteiger partial charge < -0.3 is 21.1 Å². The van der Waals surface area contributed by atoms with E-state index in [-0.39, 0.29) is 23.3 Å². The fourth-order valence-corrected chi connectivity index (χ4v) is 4.38. The molecule has 0 aliphatic carbocycles. The number of nitrogen functional groups attached to an aromatic ring is 1. The Bertz CT molecular complexity index is 995. The molecule has 2 amide bonds. The molecule has 172 valence electrons. The summed E-state index contributed by atoms with van der Waals surface area (Å²) in [6, 6.07) is 11.7.